The lowest BCUT2D eigenvalue weighted by Gasteiger charge is -2.44. The predicted molar refractivity (Wildman–Crippen MR) is 137 cm³/mol. The topological polar surface area (TPSA) is 72.8 Å². The molecule has 0 radical (unpaired) electrons. The summed E-state index contributed by atoms with van der Waals surface area (Å²) in [5, 5.41) is 4.05. The Bertz CT molecular complexity index is 1180. The maximum absolute atomic E-state index is 13.8. The number of fused-ring (bicyclic) bond motifs is 3. The maximum atomic E-state index is 13.8. The van der Waals surface area contributed by atoms with Gasteiger partial charge in [0.15, 0.2) is 0 Å². The van der Waals surface area contributed by atoms with Crippen molar-refractivity contribution in [3.8, 4) is 5.75 Å². The van der Waals surface area contributed by atoms with E-state index in [1.807, 2.05) is 86.9 Å². The van der Waals surface area contributed by atoms with E-state index >= 15 is 0 Å². The van der Waals surface area contributed by atoms with Crippen molar-refractivity contribution in [1.82, 2.24) is 14.8 Å². The molecule has 2 aromatic carbocycles. The van der Waals surface area contributed by atoms with Crippen LogP contribution in [0.5, 0.6) is 5.75 Å². The highest BCUT2D eigenvalue weighted by Crippen LogP contribution is 2.33. The van der Waals surface area contributed by atoms with Crippen molar-refractivity contribution in [2.45, 2.75) is 58.8 Å². The van der Waals surface area contributed by atoms with E-state index in [0.717, 1.165) is 22.2 Å². The van der Waals surface area contributed by atoms with Gasteiger partial charge in [0.05, 0.1) is 19.3 Å². The summed E-state index contributed by atoms with van der Waals surface area (Å²) in [4.78, 5) is 29.1. The third-order valence-electron chi connectivity index (χ3n) is 6.46. The van der Waals surface area contributed by atoms with Gasteiger partial charge in [0.25, 0.3) is 5.91 Å². The van der Waals surface area contributed by atoms with Crippen LogP contribution in [-0.2, 0) is 22.6 Å². The molecule has 35 heavy (non-hydrogen) atoms. The quantitative estimate of drug-likeness (QED) is 0.440. The Morgan fingerprint density at radius 2 is 1.89 bits per heavy atom. The minimum absolute atomic E-state index is 0.151. The molecule has 7 nitrogen and oxygen atoms in total. The zero-order chi connectivity index (χ0) is 25.0. The highest BCUT2D eigenvalue weighted by molar-refractivity contribution is 6.03. The fraction of sp³-hybridized carbons (Fsp3) is 0.429. The largest absolute Gasteiger partial charge is 0.494 e. The van der Waals surface area contributed by atoms with Gasteiger partial charge in [-0.1, -0.05) is 30.3 Å². The van der Waals surface area contributed by atoms with E-state index in [0.29, 0.717) is 45.0 Å². The third-order valence-corrected chi connectivity index (χ3v) is 6.46. The van der Waals surface area contributed by atoms with Crippen molar-refractivity contribution in [3.05, 3.63) is 65.9 Å². The Kier molecular flexibility index (Phi) is 7.45. The molecular formula is C28H35N3O4. The van der Waals surface area contributed by atoms with Crippen molar-refractivity contribution in [2.24, 2.45) is 0 Å². The number of para-hydroxylation sites is 1. The van der Waals surface area contributed by atoms with Crippen LogP contribution >= 0.6 is 0 Å². The van der Waals surface area contributed by atoms with Gasteiger partial charge in [-0.3, -0.25) is 9.59 Å². The van der Waals surface area contributed by atoms with Gasteiger partial charge < -0.3 is 24.3 Å². The van der Waals surface area contributed by atoms with Gasteiger partial charge in [-0.05, 0) is 63.9 Å². The summed E-state index contributed by atoms with van der Waals surface area (Å²) in [5.74, 6) is 0.470. The number of aromatic nitrogens is 1. The number of hydrogen-bond acceptors (Lipinski definition) is 4. The number of carbonyl (C=O) groups excluding carboxylic acids is 2. The monoisotopic (exact) mass is 477 g/mol. The first-order valence-corrected chi connectivity index (χ1v) is 12.4. The second kappa shape index (κ2) is 10.5. The Morgan fingerprint density at radius 3 is 2.60 bits per heavy atom. The fourth-order valence-corrected chi connectivity index (χ4v) is 4.58. The van der Waals surface area contributed by atoms with E-state index in [9.17, 15) is 9.59 Å². The molecule has 1 aliphatic rings. The first-order valence-electron chi connectivity index (χ1n) is 12.4. The van der Waals surface area contributed by atoms with Crippen molar-refractivity contribution in [2.75, 3.05) is 19.8 Å². The summed E-state index contributed by atoms with van der Waals surface area (Å²) < 4.78 is 13.1. The SMILES string of the molecule is CCOc1ccc(CN2C(=O)c3cc4ccccc4n3C[C@@]2(C)C(=O)NCCCOC(C)C)cc1. The number of benzene rings is 2. The second-order valence-corrected chi connectivity index (χ2v) is 9.45. The van der Waals surface area contributed by atoms with E-state index in [-0.39, 0.29) is 17.9 Å². The average molecular weight is 478 g/mol. The molecule has 3 aromatic rings. The van der Waals surface area contributed by atoms with Crippen molar-refractivity contribution < 1.29 is 19.1 Å². The average Bonchev–Trinajstić information content (AvgIpc) is 3.21. The van der Waals surface area contributed by atoms with Crippen LogP contribution in [0.15, 0.2) is 54.6 Å². The lowest BCUT2D eigenvalue weighted by atomic mass is 9.93. The van der Waals surface area contributed by atoms with Gasteiger partial charge in [0.1, 0.15) is 17.0 Å². The Balaban J connectivity index is 1.62. The number of nitrogens with one attached hydrogen (secondary N) is 1. The lowest BCUT2D eigenvalue weighted by Crippen LogP contribution is -2.63. The van der Waals surface area contributed by atoms with E-state index in [2.05, 4.69) is 5.32 Å². The lowest BCUT2D eigenvalue weighted by molar-refractivity contribution is -0.133. The molecule has 7 heteroatoms. The molecule has 0 saturated heterocycles. The zero-order valence-electron chi connectivity index (χ0n) is 21.0. The number of ether oxygens (including phenoxy) is 2. The van der Waals surface area contributed by atoms with Crippen LogP contribution in [-0.4, -0.2) is 52.7 Å². The predicted octanol–water partition coefficient (Wildman–Crippen LogP) is 4.39. The van der Waals surface area contributed by atoms with Gasteiger partial charge in [0, 0.05) is 30.6 Å². The highest BCUT2D eigenvalue weighted by Gasteiger charge is 2.47. The maximum Gasteiger partial charge on any atom is 0.271 e. The normalized spacial score (nSPS) is 17.6. The van der Waals surface area contributed by atoms with E-state index in [1.54, 1.807) is 4.90 Å². The van der Waals surface area contributed by atoms with Crippen molar-refractivity contribution in [1.29, 1.82) is 0 Å². The summed E-state index contributed by atoms with van der Waals surface area (Å²) in [6.45, 7) is 10.2. The molecule has 0 bridgehead atoms. The third kappa shape index (κ3) is 5.20. The molecule has 1 atom stereocenters. The summed E-state index contributed by atoms with van der Waals surface area (Å²) in [6, 6.07) is 17.5. The van der Waals surface area contributed by atoms with Gasteiger partial charge in [-0.2, -0.15) is 0 Å². The summed E-state index contributed by atoms with van der Waals surface area (Å²) in [7, 11) is 0. The van der Waals surface area contributed by atoms with Gasteiger partial charge >= 0.3 is 0 Å². The van der Waals surface area contributed by atoms with Crippen molar-refractivity contribution in [3.63, 3.8) is 0 Å². The first-order chi connectivity index (χ1) is 16.8. The number of amides is 2. The molecular weight excluding hydrogens is 442 g/mol. The van der Waals surface area contributed by atoms with E-state index in [1.165, 1.54) is 0 Å². The molecule has 186 valence electrons. The minimum Gasteiger partial charge on any atom is -0.494 e. The van der Waals surface area contributed by atoms with Crippen LogP contribution < -0.4 is 10.1 Å². The van der Waals surface area contributed by atoms with Crippen molar-refractivity contribution >= 4 is 22.7 Å². The van der Waals surface area contributed by atoms with Crippen LogP contribution in [0.2, 0.25) is 0 Å². The number of rotatable bonds is 10. The molecule has 0 spiro atoms. The summed E-state index contributed by atoms with van der Waals surface area (Å²) in [6.07, 6.45) is 0.870. The first kappa shape index (κ1) is 24.8. The van der Waals surface area contributed by atoms with Gasteiger partial charge in [0.2, 0.25) is 5.91 Å². The van der Waals surface area contributed by atoms with E-state index in [4.69, 9.17) is 9.47 Å². The molecule has 0 saturated carbocycles. The molecule has 0 fully saturated rings. The number of nitrogens with zero attached hydrogens (tertiary/aromatic N) is 2. The molecule has 2 heterocycles. The Hall–Kier alpha value is -3.32. The molecule has 1 aromatic heterocycles. The number of hydrogen-bond donors (Lipinski definition) is 1. The Labute approximate surface area is 207 Å². The van der Waals surface area contributed by atoms with E-state index < -0.39 is 5.54 Å². The molecule has 0 unspecified atom stereocenters. The minimum atomic E-state index is -1.05. The fourth-order valence-electron chi connectivity index (χ4n) is 4.58. The highest BCUT2D eigenvalue weighted by atomic mass is 16.5. The van der Waals surface area contributed by atoms with Gasteiger partial charge in [-0.25, -0.2) is 0 Å². The van der Waals surface area contributed by atoms with Crippen LogP contribution in [0, 0.1) is 0 Å². The van der Waals surface area contributed by atoms with Crippen LogP contribution in [0.25, 0.3) is 10.9 Å². The molecule has 2 amide bonds. The zero-order valence-corrected chi connectivity index (χ0v) is 21.0. The standard InChI is InChI=1S/C28H35N3O4/c1-5-34-23-13-11-21(12-14-23)18-31-26(32)25-17-22-9-6-7-10-24(22)30(25)19-28(31,4)27(33)29-15-8-16-35-20(2)3/h6-7,9-14,17,20H,5,8,15-16,18-19H2,1-4H3,(H,29,33)/t28-/m0/s1. The summed E-state index contributed by atoms with van der Waals surface area (Å²) in [5.41, 5.74) is 1.45. The van der Waals surface area contributed by atoms with Gasteiger partial charge in [-0.15, -0.1) is 0 Å². The van der Waals surface area contributed by atoms with Crippen LogP contribution in [0.4, 0.5) is 0 Å². The smallest absolute Gasteiger partial charge is 0.271 e. The molecule has 1 N–H and O–H groups in total. The molecule has 1 aliphatic heterocycles. The number of carbonyl (C=O) groups is 2. The Morgan fingerprint density at radius 1 is 1.14 bits per heavy atom. The van der Waals surface area contributed by atoms with Crippen LogP contribution in [0.1, 0.15) is 50.2 Å². The van der Waals surface area contributed by atoms with Crippen LogP contribution in [0.3, 0.4) is 0 Å². The molecule has 4 rings (SSSR count). The second-order valence-electron chi connectivity index (χ2n) is 9.45. The molecule has 0 aliphatic carbocycles. The summed E-state index contributed by atoms with van der Waals surface area (Å²) >= 11 is 0.